The van der Waals surface area contributed by atoms with E-state index in [4.69, 9.17) is 11.6 Å². The molecule has 0 bridgehead atoms. The van der Waals surface area contributed by atoms with Crippen LogP contribution in [-0.2, 0) is 0 Å². The maximum atomic E-state index is 12.1. The van der Waals surface area contributed by atoms with Gasteiger partial charge in [-0.2, -0.15) is 0 Å². The second-order valence-electron chi connectivity index (χ2n) is 4.00. The molecule has 0 spiro atoms. The molecule has 1 aromatic heterocycles. The van der Waals surface area contributed by atoms with Crippen molar-refractivity contribution in [2.75, 3.05) is 0 Å². The summed E-state index contributed by atoms with van der Waals surface area (Å²) in [6.07, 6.45) is 0. The molecule has 1 aromatic rings. The molecule has 0 unspecified atom stereocenters. The van der Waals surface area contributed by atoms with E-state index in [-0.39, 0.29) is 18.0 Å². The summed E-state index contributed by atoms with van der Waals surface area (Å²) < 4.78 is 0.658. The number of halogens is 1. The van der Waals surface area contributed by atoms with Gasteiger partial charge in [-0.3, -0.25) is 4.79 Å². The molecular weight excluding hydrogens is 230 g/mol. The van der Waals surface area contributed by atoms with Crippen LogP contribution in [0.1, 0.15) is 37.4 Å². The van der Waals surface area contributed by atoms with Crippen LogP contribution in [0.5, 0.6) is 0 Å². The molecule has 15 heavy (non-hydrogen) atoms. The van der Waals surface area contributed by atoms with Crippen molar-refractivity contribution in [2.45, 2.75) is 39.8 Å². The van der Waals surface area contributed by atoms with Gasteiger partial charge in [-0.25, -0.2) is 0 Å². The van der Waals surface area contributed by atoms with E-state index in [1.54, 1.807) is 12.1 Å². The Balaban J connectivity index is 2.91. The first-order valence-electron chi connectivity index (χ1n) is 5.01. The Hall–Kier alpha value is -0.540. The van der Waals surface area contributed by atoms with Crippen LogP contribution in [0.15, 0.2) is 12.1 Å². The SMILES string of the molecule is CC(C)N(C(=O)c1ccc(Cl)s1)C(C)C. The summed E-state index contributed by atoms with van der Waals surface area (Å²) >= 11 is 7.15. The van der Waals surface area contributed by atoms with Gasteiger partial charge in [-0.1, -0.05) is 11.6 Å². The molecule has 0 aromatic carbocycles. The van der Waals surface area contributed by atoms with Gasteiger partial charge in [0.1, 0.15) is 0 Å². The van der Waals surface area contributed by atoms with E-state index in [0.717, 1.165) is 0 Å². The molecule has 0 N–H and O–H groups in total. The second-order valence-corrected chi connectivity index (χ2v) is 5.72. The summed E-state index contributed by atoms with van der Waals surface area (Å²) in [6.45, 7) is 8.08. The smallest absolute Gasteiger partial charge is 0.264 e. The van der Waals surface area contributed by atoms with Crippen LogP contribution >= 0.6 is 22.9 Å². The fourth-order valence-corrected chi connectivity index (χ4v) is 2.61. The molecule has 0 aliphatic rings. The molecule has 2 nitrogen and oxygen atoms in total. The molecule has 0 atom stereocenters. The van der Waals surface area contributed by atoms with Crippen molar-refractivity contribution in [3.05, 3.63) is 21.3 Å². The second kappa shape index (κ2) is 4.99. The normalized spacial score (nSPS) is 11.1. The Morgan fingerprint density at radius 2 is 1.80 bits per heavy atom. The number of amides is 1. The predicted molar refractivity (Wildman–Crippen MR) is 65.8 cm³/mol. The highest BCUT2D eigenvalue weighted by atomic mass is 35.5. The van der Waals surface area contributed by atoms with Crippen LogP contribution in [0, 0.1) is 0 Å². The van der Waals surface area contributed by atoms with Gasteiger partial charge in [0, 0.05) is 12.1 Å². The lowest BCUT2D eigenvalue weighted by atomic mass is 10.2. The standard InChI is InChI=1S/C11H16ClNOS/c1-7(2)13(8(3)4)11(14)9-5-6-10(12)15-9/h5-8H,1-4H3. The molecule has 4 heteroatoms. The molecule has 0 aliphatic carbocycles. The first-order valence-corrected chi connectivity index (χ1v) is 6.21. The van der Waals surface area contributed by atoms with Crippen LogP contribution < -0.4 is 0 Å². The van der Waals surface area contributed by atoms with E-state index in [1.165, 1.54) is 11.3 Å². The summed E-state index contributed by atoms with van der Waals surface area (Å²) in [5, 5.41) is 0. The van der Waals surface area contributed by atoms with E-state index in [2.05, 4.69) is 0 Å². The number of thiophene rings is 1. The van der Waals surface area contributed by atoms with Gasteiger partial charge >= 0.3 is 0 Å². The fourth-order valence-electron chi connectivity index (χ4n) is 1.62. The first kappa shape index (κ1) is 12.5. The predicted octanol–water partition coefficient (Wildman–Crippen LogP) is 3.66. The van der Waals surface area contributed by atoms with Gasteiger partial charge < -0.3 is 4.90 Å². The highest BCUT2D eigenvalue weighted by molar-refractivity contribution is 7.17. The van der Waals surface area contributed by atoms with Crippen LogP contribution in [0.25, 0.3) is 0 Å². The third kappa shape index (κ3) is 2.95. The lowest BCUT2D eigenvalue weighted by Crippen LogP contribution is -2.41. The van der Waals surface area contributed by atoms with Crippen molar-refractivity contribution in [1.29, 1.82) is 0 Å². The zero-order valence-electron chi connectivity index (χ0n) is 9.45. The fraction of sp³-hybridized carbons (Fsp3) is 0.545. The Morgan fingerprint density at radius 1 is 1.27 bits per heavy atom. The number of rotatable bonds is 3. The van der Waals surface area contributed by atoms with Crippen LogP contribution in [-0.4, -0.2) is 22.9 Å². The lowest BCUT2D eigenvalue weighted by Gasteiger charge is -2.30. The lowest BCUT2D eigenvalue weighted by molar-refractivity contribution is 0.0649. The quantitative estimate of drug-likeness (QED) is 0.796. The first-order chi connectivity index (χ1) is 6.93. The van der Waals surface area contributed by atoms with Crippen LogP contribution in [0.4, 0.5) is 0 Å². The minimum absolute atomic E-state index is 0.0666. The highest BCUT2D eigenvalue weighted by Crippen LogP contribution is 2.24. The molecular formula is C11H16ClNOS. The van der Waals surface area contributed by atoms with Crippen molar-refractivity contribution in [3.8, 4) is 0 Å². The van der Waals surface area contributed by atoms with Crippen molar-refractivity contribution >= 4 is 28.8 Å². The van der Waals surface area contributed by atoms with Gasteiger partial charge in [-0.05, 0) is 39.8 Å². The van der Waals surface area contributed by atoms with E-state index >= 15 is 0 Å². The molecule has 84 valence electrons. The average molecular weight is 246 g/mol. The van der Waals surface area contributed by atoms with Crippen molar-refractivity contribution in [2.24, 2.45) is 0 Å². The Labute approximate surface area is 99.9 Å². The van der Waals surface area contributed by atoms with Gasteiger partial charge in [0.2, 0.25) is 0 Å². The Bertz CT molecular complexity index is 338. The van der Waals surface area contributed by atoms with E-state index < -0.39 is 0 Å². The van der Waals surface area contributed by atoms with E-state index in [9.17, 15) is 4.79 Å². The third-order valence-electron chi connectivity index (χ3n) is 2.13. The Morgan fingerprint density at radius 3 is 2.13 bits per heavy atom. The average Bonchev–Trinajstić information content (AvgIpc) is 2.50. The monoisotopic (exact) mass is 245 g/mol. The third-order valence-corrected chi connectivity index (χ3v) is 3.35. The van der Waals surface area contributed by atoms with Gasteiger partial charge in [0.15, 0.2) is 0 Å². The highest BCUT2D eigenvalue weighted by Gasteiger charge is 2.22. The molecule has 1 amide bonds. The van der Waals surface area contributed by atoms with Gasteiger partial charge in [0.25, 0.3) is 5.91 Å². The molecule has 0 radical (unpaired) electrons. The number of nitrogens with zero attached hydrogens (tertiary/aromatic N) is 1. The van der Waals surface area contributed by atoms with Crippen LogP contribution in [0.3, 0.4) is 0 Å². The summed E-state index contributed by atoms with van der Waals surface area (Å²) in [4.78, 5) is 14.7. The van der Waals surface area contributed by atoms with Crippen molar-refractivity contribution < 1.29 is 4.79 Å². The zero-order chi connectivity index (χ0) is 11.6. The minimum Gasteiger partial charge on any atom is -0.333 e. The zero-order valence-corrected chi connectivity index (χ0v) is 11.0. The number of hydrogen-bond donors (Lipinski definition) is 0. The molecule has 0 saturated carbocycles. The van der Waals surface area contributed by atoms with Crippen molar-refractivity contribution in [3.63, 3.8) is 0 Å². The molecule has 0 fully saturated rings. The van der Waals surface area contributed by atoms with E-state index in [1.807, 2.05) is 32.6 Å². The summed E-state index contributed by atoms with van der Waals surface area (Å²) in [5.41, 5.74) is 0. The summed E-state index contributed by atoms with van der Waals surface area (Å²) in [5.74, 6) is 0.0666. The molecule has 0 saturated heterocycles. The molecule has 0 aliphatic heterocycles. The minimum atomic E-state index is 0.0666. The van der Waals surface area contributed by atoms with Gasteiger partial charge in [0.05, 0.1) is 9.21 Å². The number of hydrogen-bond acceptors (Lipinski definition) is 2. The topological polar surface area (TPSA) is 20.3 Å². The maximum Gasteiger partial charge on any atom is 0.264 e. The number of carbonyl (C=O) groups excluding carboxylic acids is 1. The largest absolute Gasteiger partial charge is 0.333 e. The van der Waals surface area contributed by atoms with E-state index in [0.29, 0.717) is 9.21 Å². The summed E-state index contributed by atoms with van der Waals surface area (Å²) in [6, 6.07) is 3.96. The van der Waals surface area contributed by atoms with Crippen molar-refractivity contribution in [1.82, 2.24) is 4.90 Å². The van der Waals surface area contributed by atoms with Crippen LogP contribution in [0.2, 0.25) is 4.34 Å². The number of carbonyl (C=O) groups is 1. The molecule has 1 rings (SSSR count). The maximum absolute atomic E-state index is 12.1. The summed E-state index contributed by atoms with van der Waals surface area (Å²) in [7, 11) is 0. The Kier molecular flexibility index (Phi) is 4.17. The molecule has 1 heterocycles. The van der Waals surface area contributed by atoms with Gasteiger partial charge in [-0.15, -0.1) is 11.3 Å².